The summed E-state index contributed by atoms with van der Waals surface area (Å²) < 4.78 is 7.02. The molecule has 0 saturated carbocycles. The van der Waals surface area contributed by atoms with Crippen molar-refractivity contribution in [2.24, 2.45) is 0 Å². The second-order valence-corrected chi connectivity index (χ2v) is 9.82. The number of carbonyl (C=O) groups is 2. The van der Waals surface area contributed by atoms with Crippen LogP contribution in [0.15, 0.2) is 95.7 Å². The van der Waals surface area contributed by atoms with E-state index < -0.39 is 11.8 Å². The number of carbonyl (C=O) groups excluding carboxylic acids is 2. The van der Waals surface area contributed by atoms with E-state index in [0.717, 1.165) is 21.7 Å². The second-order valence-electron chi connectivity index (χ2n) is 9.41. The Labute approximate surface area is 237 Å². The minimum Gasteiger partial charge on any atom is -0.495 e. The maximum Gasteiger partial charge on any atom is 0.271 e. The van der Waals surface area contributed by atoms with Crippen molar-refractivity contribution < 1.29 is 14.3 Å². The van der Waals surface area contributed by atoms with Crippen molar-refractivity contribution in [2.45, 2.75) is 20.4 Å². The molecule has 1 aliphatic rings. The number of amides is 2. The molecule has 7 nitrogen and oxygen atoms in total. The van der Waals surface area contributed by atoms with Gasteiger partial charge in [0, 0.05) is 22.9 Å². The van der Waals surface area contributed by atoms with Gasteiger partial charge in [0.1, 0.15) is 23.1 Å². The van der Waals surface area contributed by atoms with E-state index in [2.05, 4.69) is 0 Å². The number of rotatable bonds is 6. The fourth-order valence-electron chi connectivity index (χ4n) is 4.55. The Bertz CT molecular complexity index is 1730. The highest BCUT2D eigenvalue weighted by Gasteiger charge is 2.35. The van der Waals surface area contributed by atoms with Gasteiger partial charge in [0.25, 0.3) is 11.8 Å². The van der Waals surface area contributed by atoms with Gasteiger partial charge >= 0.3 is 0 Å². The molecule has 0 radical (unpaired) electrons. The molecule has 0 spiro atoms. The highest BCUT2D eigenvalue weighted by molar-refractivity contribution is 6.32. The molecular formula is C32H25ClN4O3. The van der Waals surface area contributed by atoms with Gasteiger partial charge in [0.05, 0.1) is 24.4 Å². The molecule has 1 aromatic heterocycles. The first-order valence-corrected chi connectivity index (χ1v) is 12.9. The van der Waals surface area contributed by atoms with Crippen molar-refractivity contribution >= 4 is 29.5 Å². The van der Waals surface area contributed by atoms with Crippen molar-refractivity contribution in [3.63, 3.8) is 0 Å². The number of halogens is 1. The largest absolute Gasteiger partial charge is 0.495 e. The van der Waals surface area contributed by atoms with Crippen LogP contribution in [0.1, 0.15) is 23.6 Å². The fourth-order valence-corrected chi connectivity index (χ4v) is 4.81. The molecule has 0 atom stereocenters. The third kappa shape index (κ3) is 5.05. The predicted molar refractivity (Wildman–Crippen MR) is 154 cm³/mol. The topological polar surface area (TPSA) is 88.2 Å². The number of ether oxygens (including phenoxy) is 1. The first-order chi connectivity index (χ1) is 19.3. The molecule has 0 bridgehead atoms. The van der Waals surface area contributed by atoms with Crippen LogP contribution in [0.25, 0.3) is 23.0 Å². The lowest BCUT2D eigenvalue weighted by atomic mass is 9.93. The molecule has 0 fully saturated rings. The third-order valence-corrected chi connectivity index (χ3v) is 7.07. The van der Waals surface area contributed by atoms with E-state index in [1.165, 1.54) is 0 Å². The average molecular weight is 549 g/mol. The first-order valence-electron chi connectivity index (χ1n) is 12.5. The number of imide groups is 1. The zero-order chi connectivity index (χ0) is 28.4. The van der Waals surface area contributed by atoms with E-state index in [-0.39, 0.29) is 17.7 Å². The molecule has 1 aliphatic heterocycles. The van der Waals surface area contributed by atoms with Gasteiger partial charge in [-0.3, -0.25) is 14.5 Å². The molecule has 2 amide bonds. The zero-order valence-corrected chi connectivity index (χ0v) is 22.9. The van der Waals surface area contributed by atoms with Crippen LogP contribution in [0.5, 0.6) is 5.75 Å². The number of methoxy groups -OCH3 is 1. The van der Waals surface area contributed by atoms with E-state index in [4.69, 9.17) is 21.4 Å². The van der Waals surface area contributed by atoms with Crippen molar-refractivity contribution in [1.82, 2.24) is 14.7 Å². The third-order valence-electron chi connectivity index (χ3n) is 6.78. The Hall–Kier alpha value is -4.93. The molecule has 5 rings (SSSR count). The summed E-state index contributed by atoms with van der Waals surface area (Å²) in [5.74, 6) is -0.559. The van der Waals surface area contributed by atoms with Crippen LogP contribution in [0, 0.1) is 18.3 Å². The number of benzene rings is 3. The molecule has 40 heavy (non-hydrogen) atoms. The van der Waals surface area contributed by atoms with Crippen molar-refractivity contribution in [3.05, 3.63) is 117 Å². The standard InChI is InChI=1S/C32H25ClN4O3/c1-20-9-11-22(12-10-20)18-36-31(38)26(21(2)27(17-34)32(36)39)15-24-19-37(25-7-5-4-6-8-25)35-30(24)23-13-14-29(40-3)28(33)16-23/h4-16,19H,18H2,1-3H3/b26-15+. The summed E-state index contributed by atoms with van der Waals surface area (Å²) in [6, 6.07) is 24.5. The van der Waals surface area contributed by atoms with Gasteiger partial charge < -0.3 is 4.74 Å². The van der Waals surface area contributed by atoms with Gasteiger partial charge in [-0.2, -0.15) is 10.4 Å². The van der Waals surface area contributed by atoms with Gasteiger partial charge in [-0.1, -0.05) is 59.6 Å². The summed E-state index contributed by atoms with van der Waals surface area (Å²) in [6.45, 7) is 3.64. The number of hydrogen-bond acceptors (Lipinski definition) is 5. The first kappa shape index (κ1) is 26.7. The molecule has 198 valence electrons. The summed E-state index contributed by atoms with van der Waals surface area (Å²) in [4.78, 5) is 28.1. The molecule has 3 aromatic carbocycles. The van der Waals surface area contributed by atoms with Crippen LogP contribution in [-0.2, 0) is 16.1 Å². The Morgan fingerprint density at radius 3 is 2.38 bits per heavy atom. The van der Waals surface area contributed by atoms with Crippen molar-refractivity contribution in [3.8, 4) is 28.8 Å². The summed E-state index contributed by atoms with van der Waals surface area (Å²) in [6.07, 6.45) is 3.49. The highest BCUT2D eigenvalue weighted by Crippen LogP contribution is 2.34. The van der Waals surface area contributed by atoms with E-state index in [1.54, 1.807) is 36.9 Å². The lowest BCUT2D eigenvalue weighted by Gasteiger charge is -2.27. The molecule has 0 aliphatic carbocycles. The van der Waals surface area contributed by atoms with Gasteiger partial charge in [-0.15, -0.1) is 0 Å². The summed E-state index contributed by atoms with van der Waals surface area (Å²) in [7, 11) is 1.54. The highest BCUT2D eigenvalue weighted by atomic mass is 35.5. The lowest BCUT2D eigenvalue weighted by molar-refractivity contribution is -0.141. The fraction of sp³-hybridized carbons (Fsp3) is 0.125. The number of para-hydroxylation sites is 1. The SMILES string of the molecule is COc1ccc(-c2nn(-c3ccccc3)cc2/C=C2/C(=O)N(Cc3ccc(C)cc3)C(=O)C(C#N)=C2C)cc1Cl. The average Bonchev–Trinajstić information content (AvgIpc) is 3.39. The number of hydrogen-bond donors (Lipinski definition) is 0. The van der Waals surface area contributed by atoms with Crippen LogP contribution in [0.2, 0.25) is 5.02 Å². The Balaban J connectivity index is 1.65. The van der Waals surface area contributed by atoms with Crippen molar-refractivity contribution in [1.29, 1.82) is 5.26 Å². The molecule has 4 aromatic rings. The summed E-state index contributed by atoms with van der Waals surface area (Å²) >= 11 is 6.44. The Morgan fingerprint density at radius 1 is 1.00 bits per heavy atom. The second kappa shape index (κ2) is 11.0. The molecule has 2 heterocycles. The van der Waals surface area contributed by atoms with Gasteiger partial charge in [-0.05, 0) is 61.4 Å². The molecule has 8 heteroatoms. The van der Waals surface area contributed by atoms with Crippen LogP contribution in [0.4, 0.5) is 0 Å². The van der Waals surface area contributed by atoms with E-state index in [9.17, 15) is 14.9 Å². The number of aryl methyl sites for hydroxylation is 1. The van der Waals surface area contributed by atoms with Crippen LogP contribution in [0.3, 0.4) is 0 Å². The quantitative estimate of drug-likeness (QED) is 0.208. The number of nitrogens with zero attached hydrogens (tertiary/aromatic N) is 4. The zero-order valence-electron chi connectivity index (χ0n) is 22.2. The monoisotopic (exact) mass is 548 g/mol. The van der Waals surface area contributed by atoms with Crippen molar-refractivity contribution in [2.75, 3.05) is 7.11 Å². The van der Waals surface area contributed by atoms with E-state index >= 15 is 0 Å². The van der Waals surface area contributed by atoms with E-state index in [0.29, 0.717) is 33.2 Å². The Morgan fingerprint density at radius 2 is 1.73 bits per heavy atom. The van der Waals surface area contributed by atoms with Crippen LogP contribution >= 0.6 is 11.6 Å². The van der Waals surface area contributed by atoms with Gasteiger partial charge in [0.2, 0.25) is 0 Å². The van der Waals surface area contributed by atoms with Crippen LogP contribution in [-0.4, -0.2) is 33.6 Å². The molecular weight excluding hydrogens is 524 g/mol. The number of nitriles is 1. The van der Waals surface area contributed by atoms with Gasteiger partial charge in [-0.25, -0.2) is 4.68 Å². The summed E-state index contributed by atoms with van der Waals surface area (Å²) in [5, 5.41) is 15.1. The van der Waals surface area contributed by atoms with Gasteiger partial charge in [0.15, 0.2) is 0 Å². The lowest BCUT2D eigenvalue weighted by Crippen LogP contribution is -2.42. The Kier molecular flexibility index (Phi) is 7.37. The molecule has 0 saturated heterocycles. The molecule has 0 N–H and O–H groups in total. The smallest absolute Gasteiger partial charge is 0.271 e. The maximum atomic E-state index is 13.8. The van der Waals surface area contributed by atoms with Crippen LogP contribution < -0.4 is 4.74 Å². The maximum absolute atomic E-state index is 13.8. The molecule has 0 unspecified atom stereocenters. The normalized spacial score (nSPS) is 14.6. The summed E-state index contributed by atoms with van der Waals surface area (Å²) in [5.41, 5.74) is 5.08. The predicted octanol–water partition coefficient (Wildman–Crippen LogP) is 6.30. The van der Waals surface area contributed by atoms with E-state index in [1.807, 2.05) is 79.9 Å². The minimum absolute atomic E-state index is 0.0535. The minimum atomic E-state index is -0.607. The number of aromatic nitrogens is 2.